The van der Waals surface area contributed by atoms with Gasteiger partial charge in [-0.3, -0.25) is 0 Å². The van der Waals surface area contributed by atoms with E-state index in [9.17, 15) is 12.8 Å². The number of halogens is 3. The highest BCUT2D eigenvalue weighted by atomic mass is 79.9. The second-order valence-corrected chi connectivity index (χ2v) is 7.72. The minimum absolute atomic E-state index is 0. The van der Waals surface area contributed by atoms with Crippen molar-refractivity contribution in [1.82, 2.24) is 9.62 Å². The molecule has 0 unspecified atom stereocenters. The number of nitrogens with zero attached hydrogens (tertiary/aromatic N) is 1. The largest absolute Gasteiger partial charge is 0.319 e. The van der Waals surface area contributed by atoms with Crippen LogP contribution in [0.1, 0.15) is 12.8 Å². The number of hydrogen-bond acceptors (Lipinski definition) is 3. The van der Waals surface area contributed by atoms with Gasteiger partial charge in [0.25, 0.3) is 0 Å². The van der Waals surface area contributed by atoms with Crippen molar-refractivity contribution >= 4 is 38.4 Å². The van der Waals surface area contributed by atoms with Gasteiger partial charge in [0, 0.05) is 13.1 Å². The van der Waals surface area contributed by atoms with E-state index in [1.807, 2.05) is 7.05 Å². The zero-order valence-electron chi connectivity index (χ0n) is 11.7. The minimum atomic E-state index is -3.75. The average Bonchev–Trinajstić information content (AvgIpc) is 2.42. The molecular formula is C13H19BrClFN2O2S. The molecule has 0 aromatic heterocycles. The van der Waals surface area contributed by atoms with Gasteiger partial charge in [0.15, 0.2) is 5.82 Å². The van der Waals surface area contributed by atoms with Crippen LogP contribution < -0.4 is 5.32 Å². The van der Waals surface area contributed by atoms with Crippen molar-refractivity contribution in [3.63, 3.8) is 0 Å². The van der Waals surface area contributed by atoms with E-state index in [2.05, 4.69) is 21.2 Å². The van der Waals surface area contributed by atoms with Gasteiger partial charge in [-0.1, -0.05) is 6.07 Å². The molecule has 120 valence electrons. The smallest absolute Gasteiger partial charge is 0.246 e. The molecule has 4 nitrogen and oxygen atoms in total. The molecule has 1 aliphatic rings. The fraction of sp³-hybridized carbons (Fsp3) is 0.538. The third-order valence-electron chi connectivity index (χ3n) is 3.60. The fourth-order valence-electron chi connectivity index (χ4n) is 2.46. The molecule has 0 amide bonds. The molecule has 8 heteroatoms. The summed E-state index contributed by atoms with van der Waals surface area (Å²) in [6, 6.07) is 4.34. The zero-order chi connectivity index (χ0) is 14.8. The summed E-state index contributed by atoms with van der Waals surface area (Å²) in [6.45, 7) is 1.78. The summed E-state index contributed by atoms with van der Waals surface area (Å²) in [5.41, 5.74) is 0. The first kappa shape index (κ1) is 18.8. The van der Waals surface area contributed by atoms with Crippen molar-refractivity contribution in [2.75, 3.05) is 26.7 Å². The van der Waals surface area contributed by atoms with Crippen LogP contribution in [-0.2, 0) is 10.0 Å². The summed E-state index contributed by atoms with van der Waals surface area (Å²) in [5, 5.41) is 3.11. The molecule has 21 heavy (non-hydrogen) atoms. The molecule has 1 saturated heterocycles. The molecule has 0 bridgehead atoms. The van der Waals surface area contributed by atoms with Crippen LogP contribution in [0, 0.1) is 11.7 Å². The summed E-state index contributed by atoms with van der Waals surface area (Å²) in [4.78, 5) is -0.251. The van der Waals surface area contributed by atoms with E-state index in [-0.39, 0.29) is 21.8 Å². The third kappa shape index (κ3) is 4.16. The Balaban J connectivity index is 0.00000220. The molecule has 1 fully saturated rings. The predicted molar refractivity (Wildman–Crippen MR) is 86.8 cm³/mol. The van der Waals surface area contributed by atoms with Gasteiger partial charge < -0.3 is 5.32 Å². The molecular weight excluding hydrogens is 383 g/mol. The Labute approximate surface area is 139 Å². The van der Waals surface area contributed by atoms with Gasteiger partial charge in [0.2, 0.25) is 10.0 Å². The lowest BCUT2D eigenvalue weighted by atomic mass is 9.98. The van der Waals surface area contributed by atoms with Crippen molar-refractivity contribution in [3.05, 3.63) is 28.5 Å². The summed E-state index contributed by atoms with van der Waals surface area (Å²) < 4.78 is 40.5. The normalized spacial score (nSPS) is 17.5. The van der Waals surface area contributed by atoms with Crippen LogP contribution in [0.4, 0.5) is 4.39 Å². The maximum atomic E-state index is 14.0. The maximum absolute atomic E-state index is 14.0. The lowest BCUT2D eigenvalue weighted by Crippen LogP contribution is -2.40. The molecule has 0 atom stereocenters. The van der Waals surface area contributed by atoms with Crippen molar-refractivity contribution in [2.24, 2.45) is 5.92 Å². The Morgan fingerprint density at radius 2 is 2.00 bits per heavy atom. The van der Waals surface area contributed by atoms with E-state index in [4.69, 9.17) is 0 Å². The molecule has 0 saturated carbocycles. The second-order valence-electron chi connectivity index (χ2n) is 4.96. The number of piperidine rings is 1. The van der Waals surface area contributed by atoms with Crippen LogP contribution in [0.5, 0.6) is 0 Å². The topological polar surface area (TPSA) is 49.4 Å². The molecule has 1 heterocycles. The first-order valence-electron chi connectivity index (χ1n) is 6.55. The lowest BCUT2D eigenvalue weighted by Gasteiger charge is -2.31. The predicted octanol–water partition coefficient (Wildman–Crippen LogP) is 2.63. The number of benzene rings is 1. The van der Waals surface area contributed by atoms with E-state index >= 15 is 0 Å². The molecule has 0 aliphatic carbocycles. The van der Waals surface area contributed by atoms with Crippen molar-refractivity contribution < 1.29 is 12.8 Å². The van der Waals surface area contributed by atoms with E-state index < -0.39 is 15.8 Å². The molecule has 0 radical (unpaired) electrons. The van der Waals surface area contributed by atoms with Gasteiger partial charge in [-0.2, -0.15) is 4.31 Å². The first-order valence-corrected chi connectivity index (χ1v) is 8.79. The highest BCUT2D eigenvalue weighted by molar-refractivity contribution is 9.10. The van der Waals surface area contributed by atoms with Crippen LogP contribution in [0.3, 0.4) is 0 Å². The third-order valence-corrected chi connectivity index (χ3v) is 6.13. The monoisotopic (exact) mass is 400 g/mol. The van der Waals surface area contributed by atoms with Crippen molar-refractivity contribution in [2.45, 2.75) is 17.7 Å². The minimum Gasteiger partial charge on any atom is -0.319 e. The van der Waals surface area contributed by atoms with Crippen LogP contribution in [0.15, 0.2) is 27.6 Å². The molecule has 2 rings (SSSR count). The van der Waals surface area contributed by atoms with Crippen LogP contribution in [0.25, 0.3) is 0 Å². The summed E-state index contributed by atoms with van der Waals surface area (Å²) >= 11 is 3.03. The Kier molecular flexibility index (Phi) is 7.06. The number of rotatable bonds is 4. The van der Waals surface area contributed by atoms with Gasteiger partial charge in [-0.05, 0) is 60.4 Å². The molecule has 1 aromatic carbocycles. The molecule has 0 spiro atoms. The Morgan fingerprint density at radius 1 is 1.38 bits per heavy atom. The summed E-state index contributed by atoms with van der Waals surface area (Å²) in [5.74, 6) is -0.233. The molecule has 1 N–H and O–H groups in total. The van der Waals surface area contributed by atoms with Crippen molar-refractivity contribution in [3.8, 4) is 0 Å². The van der Waals surface area contributed by atoms with E-state index in [0.29, 0.717) is 19.0 Å². The summed E-state index contributed by atoms with van der Waals surface area (Å²) in [6.07, 6.45) is 1.60. The van der Waals surface area contributed by atoms with E-state index in [1.165, 1.54) is 22.5 Å². The van der Waals surface area contributed by atoms with Crippen LogP contribution in [0.2, 0.25) is 0 Å². The number of sulfonamides is 1. The Bertz CT molecular complexity index is 578. The van der Waals surface area contributed by atoms with E-state index in [1.54, 1.807) is 0 Å². The van der Waals surface area contributed by atoms with Crippen LogP contribution in [-0.4, -0.2) is 39.4 Å². The van der Waals surface area contributed by atoms with E-state index in [0.717, 1.165) is 19.4 Å². The second kappa shape index (κ2) is 7.87. The standard InChI is InChI=1S/C13H18BrFN2O2S.ClH/c1-16-9-10-5-7-17(8-6-10)20(18,19)12-4-2-3-11(14)13(12)15;/h2-4,10,16H,5-9H2,1H3;1H. The quantitative estimate of drug-likeness (QED) is 0.844. The first-order chi connectivity index (χ1) is 9.46. The number of hydrogen-bond donors (Lipinski definition) is 1. The molecule has 1 aromatic rings. The van der Waals surface area contributed by atoms with Crippen molar-refractivity contribution in [1.29, 1.82) is 0 Å². The number of nitrogens with one attached hydrogen (secondary N) is 1. The zero-order valence-corrected chi connectivity index (χ0v) is 14.9. The van der Waals surface area contributed by atoms with Gasteiger partial charge in [-0.15, -0.1) is 12.4 Å². The SMILES string of the molecule is CNCC1CCN(S(=O)(=O)c2cccc(Br)c2F)CC1.Cl. The van der Waals surface area contributed by atoms with Gasteiger partial charge >= 0.3 is 0 Å². The fourth-order valence-corrected chi connectivity index (χ4v) is 4.52. The average molecular weight is 402 g/mol. The van der Waals surface area contributed by atoms with Gasteiger partial charge in [0.05, 0.1) is 4.47 Å². The van der Waals surface area contributed by atoms with Gasteiger partial charge in [0.1, 0.15) is 4.90 Å². The summed E-state index contributed by atoms with van der Waals surface area (Å²) in [7, 11) is -1.86. The lowest BCUT2D eigenvalue weighted by molar-refractivity contribution is 0.270. The highest BCUT2D eigenvalue weighted by Gasteiger charge is 2.31. The van der Waals surface area contributed by atoms with Crippen LogP contribution >= 0.6 is 28.3 Å². The Morgan fingerprint density at radius 3 is 2.57 bits per heavy atom. The Hall–Kier alpha value is -0.210. The van der Waals surface area contributed by atoms with Gasteiger partial charge in [-0.25, -0.2) is 12.8 Å². The molecule has 1 aliphatic heterocycles. The maximum Gasteiger partial charge on any atom is 0.246 e. The highest BCUT2D eigenvalue weighted by Crippen LogP contribution is 2.28.